The van der Waals surface area contributed by atoms with Crippen molar-refractivity contribution in [3.05, 3.63) is 23.8 Å². The molecule has 104 valence electrons. The van der Waals surface area contributed by atoms with Gasteiger partial charge in [-0.25, -0.2) is 0 Å². The van der Waals surface area contributed by atoms with Gasteiger partial charge < -0.3 is 14.4 Å². The lowest BCUT2D eigenvalue weighted by Crippen LogP contribution is -2.25. The van der Waals surface area contributed by atoms with Crippen LogP contribution < -0.4 is 9.47 Å². The maximum absolute atomic E-state index is 11.9. The molecule has 1 fully saturated rings. The molecule has 0 aliphatic carbocycles. The molecule has 2 rings (SSSR count). The Balaban J connectivity index is 2.16. The molecule has 1 aliphatic heterocycles. The summed E-state index contributed by atoms with van der Waals surface area (Å²) in [5, 5.41) is 0. The van der Waals surface area contributed by atoms with Gasteiger partial charge in [-0.15, -0.1) is 0 Å². The molecule has 19 heavy (non-hydrogen) atoms. The summed E-state index contributed by atoms with van der Waals surface area (Å²) in [6.07, 6.45) is 0.593. The van der Waals surface area contributed by atoms with Crippen molar-refractivity contribution in [1.82, 2.24) is 4.90 Å². The first-order valence-corrected chi connectivity index (χ1v) is 6.90. The Bertz CT molecular complexity index is 464. The molecule has 1 atom stereocenters. The molecule has 0 N–H and O–H groups in total. The maximum Gasteiger partial charge on any atom is 0.223 e. The minimum absolute atomic E-state index is 0.184. The summed E-state index contributed by atoms with van der Waals surface area (Å²) in [6, 6.07) is 5.63. The van der Waals surface area contributed by atoms with E-state index in [-0.39, 0.29) is 5.91 Å². The zero-order chi connectivity index (χ0) is 13.8. The predicted molar refractivity (Wildman–Crippen MR) is 76.9 cm³/mol. The smallest absolute Gasteiger partial charge is 0.223 e. The number of ether oxygens (including phenoxy) is 2. The lowest BCUT2D eigenvalue weighted by molar-refractivity contribution is -0.128. The fraction of sp³-hybridized carbons (Fsp3) is 0.500. The first-order valence-electron chi connectivity index (χ1n) is 6.27. The SMILES string of the molecule is COc1ccc(OC)c(CN2CC(CS)CC2=O)c1. The van der Waals surface area contributed by atoms with E-state index in [4.69, 9.17) is 9.47 Å². The van der Waals surface area contributed by atoms with Crippen molar-refractivity contribution in [2.24, 2.45) is 5.92 Å². The third-order valence-corrected chi connectivity index (χ3v) is 3.92. The van der Waals surface area contributed by atoms with E-state index in [1.54, 1.807) is 14.2 Å². The Morgan fingerprint density at radius 2 is 2.16 bits per heavy atom. The maximum atomic E-state index is 11.9. The highest BCUT2D eigenvalue weighted by atomic mass is 32.1. The van der Waals surface area contributed by atoms with Gasteiger partial charge in [0, 0.05) is 25.1 Å². The lowest BCUT2D eigenvalue weighted by atomic mass is 10.1. The minimum atomic E-state index is 0.184. The average Bonchev–Trinajstić information content (AvgIpc) is 2.79. The van der Waals surface area contributed by atoms with E-state index in [9.17, 15) is 4.79 Å². The predicted octanol–water partition coefficient (Wildman–Crippen LogP) is 1.98. The molecule has 5 heteroatoms. The van der Waals surface area contributed by atoms with Crippen molar-refractivity contribution in [3.63, 3.8) is 0 Å². The largest absolute Gasteiger partial charge is 0.497 e. The molecule has 1 aromatic rings. The highest BCUT2D eigenvalue weighted by Gasteiger charge is 2.29. The van der Waals surface area contributed by atoms with E-state index < -0.39 is 0 Å². The van der Waals surface area contributed by atoms with Crippen LogP contribution in [0.1, 0.15) is 12.0 Å². The van der Waals surface area contributed by atoms with E-state index in [2.05, 4.69) is 12.6 Å². The van der Waals surface area contributed by atoms with Crippen LogP contribution in [0.4, 0.5) is 0 Å². The van der Waals surface area contributed by atoms with E-state index in [0.29, 0.717) is 18.9 Å². The quantitative estimate of drug-likeness (QED) is 0.839. The standard InChI is InChI=1S/C14H19NO3S/c1-17-12-3-4-13(18-2)11(6-12)8-15-7-10(9-19)5-14(15)16/h3-4,6,10,19H,5,7-9H2,1-2H3. The normalized spacial score (nSPS) is 18.8. The van der Waals surface area contributed by atoms with E-state index in [1.165, 1.54) is 0 Å². The zero-order valence-corrected chi connectivity index (χ0v) is 12.2. The molecule has 1 aliphatic rings. The summed E-state index contributed by atoms with van der Waals surface area (Å²) in [5.74, 6) is 2.84. The molecule has 0 radical (unpaired) electrons. The van der Waals surface area contributed by atoms with Crippen LogP contribution in [0.5, 0.6) is 11.5 Å². The molecule has 1 aromatic carbocycles. The number of likely N-dealkylation sites (tertiary alicyclic amines) is 1. The van der Waals surface area contributed by atoms with Gasteiger partial charge in [-0.05, 0) is 29.9 Å². The van der Waals surface area contributed by atoms with Gasteiger partial charge in [0.25, 0.3) is 0 Å². The Hall–Kier alpha value is -1.36. The first-order chi connectivity index (χ1) is 9.17. The molecule has 0 bridgehead atoms. The van der Waals surface area contributed by atoms with E-state index in [0.717, 1.165) is 29.4 Å². The second kappa shape index (κ2) is 6.19. The van der Waals surface area contributed by atoms with Gasteiger partial charge in [0.1, 0.15) is 11.5 Å². The molecule has 1 unspecified atom stereocenters. The topological polar surface area (TPSA) is 38.8 Å². The van der Waals surface area contributed by atoms with Gasteiger partial charge in [0.05, 0.1) is 14.2 Å². The van der Waals surface area contributed by atoms with Crippen LogP contribution in [0.3, 0.4) is 0 Å². The number of nitrogens with zero attached hydrogens (tertiary/aromatic N) is 1. The molecule has 1 saturated heterocycles. The highest BCUT2D eigenvalue weighted by Crippen LogP contribution is 2.28. The van der Waals surface area contributed by atoms with Gasteiger partial charge in [0.15, 0.2) is 0 Å². The van der Waals surface area contributed by atoms with Crippen molar-refractivity contribution < 1.29 is 14.3 Å². The van der Waals surface area contributed by atoms with Crippen molar-refractivity contribution >= 4 is 18.5 Å². The number of benzene rings is 1. The monoisotopic (exact) mass is 281 g/mol. The highest BCUT2D eigenvalue weighted by molar-refractivity contribution is 7.80. The molecule has 4 nitrogen and oxygen atoms in total. The Kier molecular flexibility index (Phi) is 4.58. The molecular weight excluding hydrogens is 262 g/mol. The summed E-state index contributed by atoms with van der Waals surface area (Å²) in [6.45, 7) is 1.33. The number of thiol groups is 1. The van der Waals surface area contributed by atoms with Gasteiger partial charge in [-0.3, -0.25) is 4.79 Å². The van der Waals surface area contributed by atoms with Crippen LogP contribution in [0.2, 0.25) is 0 Å². The number of amides is 1. The number of rotatable bonds is 5. The summed E-state index contributed by atoms with van der Waals surface area (Å²) < 4.78 is 10.6. The number of hydrogen-bond donors (Lipinski definition) is 1. The summed E-state index contributed by atoms with van der Waals surface area (Å²) in [5.41, 5.74) is 0.968. The number of methoxy groups -OCH3 is 2. The Morgan fingerprint density at radius 1 is 1.37 bits per heavy atom. The van der Waals surface area contributed by atoms with E-state index in [1.807, 2.05) is 23.1 Å². The van der Waals surface area contributed by atoms with Gasteiger partial charge in [-0.2, -0.15) is 12.6 Å². The second-order valence-corrected chi connectivity index (χ2v) is 5.07. The second-order valence-electron chi connectivity index (χ2n) is 4.70. The minimum Gasteiger partial charge on any atom is -0.497 e. The van der Waals surface area contributed by atoms with E-state index >= 15 is 0 Å². The zero-order valence-electron chi connectivity index (χ0n) is 11.3. The van der Waals surface area contributed by atoms with Crippen LogP contribution in [0.25, 0.3) is 0 Å². The van der Waals surface area contributed by atoms with Crippen molar-refractivity contribution in [3.8, 4) is 11.5 Å². The van der Waals surface area contributed by atoms with Gasteiger partial charge in [-0.1, -0.05) is 0 Å². The Labute approximate surface area is 119 Å². The Morgan fingerprint density at radius 3 is 2.74 bits per heavy atom. The molecule has 1 heterocycles. The van der Waals surface area contributed by atoms with Crippen molar-refractivity contribution in [1.29, 1.82) is 0 Å². The van der Waals surface area contributed by atoms with Crippen LogP contribution in [-0.2, 0) is 11.3 Å². The van der Waals surface area contributed by atoms with Crippen LogP contribution in [-0.4, -0.2) is 37.3 Å². The fourth-order valence-corrected chi connectivity index (χ4v) is 2.58. The summed E-state index contributed by atoms with van der Waals surface area (Å²) in [4.78, 5) is 13.8. The van der Waals surface area contributed by atoms with Crippen LogP contribution in [0.15, 0.2) is 18.2 Å². The fourth-order valence-electron chi connectivity index (χ4n) is 2.34. The van der Waals surface area contributed by atoms with Crippen LogP contribution >= 0.6 is 12.6 Å². The number of carbonyl (C=O) groups is 1. The number of carbonyl (C=O) groups excluding carboxylic acids is 1. The third-order valence-electron chi connectivity index (χ3n) is 3.40. The molecule has 0 spiro atoms. The lowest BCUT2D eigenvalue weighted by Gasteiger charge is -2.18. The molecule has 0 aromatic heterocycles. The molecule has 0 saturated carbocycles. The molecular formula is C14H19NO3S. The third kappa shape index (κ3) is 3.15. The average molecular weight is 281 g/mol. The first kappa shape index (κ1) is 14.1. The van der Waals surface area contributed by atoms with Gasteiger partial charge in [0.2, 0.25) is 5.91 Å². The molecule has 1 amide bonds. The summed E-state index contributed by atoms with van der Waals surface area (Å²) in [7, 11) is 3.26. The van der Waals surface area contributed by atoms with Crippen molar-refractivity contribution in [2.45, 2.75) is 13.0 Å². The van der Waals surface area contributed by atoms with Gasteiger partial charge >= 0.3 is 0 Å². The number of hydrogen-bond acceptors (Lipinski definition) is 4. The van der Waals surface area contributed by atoms with Crippen LogP contribution in [0, 0.1) is 5.92 Å². The van der Waals surface area contributed by atoms with Crippen molar-refractivity contribution in [2.75, 3.05) is 26.5 Å². The summed E-state index contributed by atoms with van der Waals surface area (Å²) >= 11 is 4.27.